The van der Waals surface area contributed by atoms with Crippen molar-refractivity contribution in [2.45, 2.75) is 36.2 Å². The molecular weight excluding hydrogens is 503 g/mol. The van der Waals surface area contributed by atoms with Crippen LogP contribution in [0.25, 0.3) is 0 Å². The van der Waals surface area contributed by atoms with E-state index in [0.717, 1.165) is 34.9 Å². The maximum Gasteiger partial charge on any atom is 0.408 e. The predicted octanol–water partition coefficient (Wildman–Crippen LogP) is 5.00. The van der Waals surface area contributed by atoms with E-state index in [9.17, 15) is 27.9 Å². The average Bonchev–Trinajstić information content (AvgIpc) is 3.01. The number of amides is 1. The number of benzene rings is 2. The Morgan fingerprint density at radius 2 is 1.80 bits per heavy atom. The molecule has 0 saturated carbocycles. The van der Waals surface area contributed by atoms with Gasteiger partial charge in [-0.1, -0.05) is 41.9 Å². The number of hydrogen-bond donors (Lipinski definition) is 2. The Kier molecular flexibility index (Phi) is 7.05. The second-order valence-corrected chi connectivity index (χ2v) is 9.43. The highest BCUT2D eigenvalue weighted by Gasteiger charge is 2.44. The fourth-order valence-corrected chi connectivity index (χ4v) is 5.27. The maximum atomic E-state index is 12.6. The van der Waals surface area contributed by atoms with Crippen molar-refractivity contribution >= 4 is 29.3 Å². The molecule has 0 saturated heterocycles. The predicted molar refractivity (Wildman–Crippen MR) is 129 cm³/mol. The number of alkyl halides is 3. The number of aromatic nitrogens is 1. The van der Waals surface area contributed by atoms with Crippen LogP contribution in [0, 0.1) is 0 Å². The Morgan fingerprint density at radius 3 is 2.54 bits per heavy atom. The van der Waals surface area contributed by atoms with Crippen LogP contribution >= 0.6 is 23.4 Å². The van der Waals surface area contributed by atoms with Crippen LogP contribution < -0.4 is 10.9 Å². The fraction of sp³-hybridized carbons (Fsp3) is 0.250. The molecule has 1 amide bonds. The van der Waals surface area contributed by atoms with Gasteiger partial charge in [0, 0.05) is 27.9 Å². The highest BCUT2D eigenvalue weighted by Crippen LogP contribution is 2.36. The van der Waals surface area contributed by atoms with Gasteiger partial charge in [0.25, 0.3) is 5.91 Å². The van der Waals surface area contributed by atoms with Gasteiger partial charge in [-0.25, -0.2) is 0 Å². The minimum Gasteiger partial charge on any atom is -0.502 e. The van der Waals surface area contributed by atoms with Gasteiger partial charge in [0.2, 0.25) is 5.43 Å². The lowest BCUT2D eigenvalue weighted by molar-refractivity contribution is -0.172. The van der Waals surface area contributed by atoms with Crippen LogP contribution in [0.2, 0.25) is 5.02 Å². The molecule has 0 unspecified atom stereocenters. The molecule has 0 aliphatic carbocycles. The molecular formula is C24H21ClF3N3O3S. The summed E-state index contributed by atoms with van der Waals surface area (Å²) in [6, 6.07) is 13.8. The Bertz CT molecular complexity index is 1330. The molecule has 1 atom stereocenters. The summed E-state index contributed by atoms with van der Waals surface area (Å²) in [5.74, 6) is -0.954. The lowest BCUT2D eigenvalue weighted by Gasteiger charge is -2.35. The van der Waals surface area contributed by atoms with Gasteiger partial charge in [0.1, 0.15) is 12.7 Å². The molecule has 3 aromatic rings. The molecule has 0 fully saturated rings. The van der Waals surface area contributed by atoms with Crippen molar-refractivity contribution in [1.29, 1.82) is 0 Å². The summed E-state index contributed by atoms with van der Waals surface area (Å²) in [5, 5.41) is 10.4. The molecule has 2 aromatic carbocycles. The lowest BCUT2D eigenvalue weighted by Crippen LogP contribution is -2.54. The summed E-state index contributed by atoms with van der Waals surface area (Å²) in [6.45, 7) is 0.447. The molecule has 184 valence electrons. The minimum absolute atomic E-state index is 0.380. The van der Waals surface area contributed by atoms with Gasteiger partial charge in [-0.05, 0) is 42.2 Å². The highest BCUT2D eigenvalue weighted by molar-refractivity contribution is 7.98. The molecule has 6 nitrogen and oxygen atoms in total. The Balaban J connectivity index is 0.000000167. The normalized spacial score (nSPS) is 15.5. The summed E-state index contributed by atoms with van der Waals surface area (Å²) >= 11 is 8.13. The van der Waals surface area contributed by atoms with Crippen LogP contribution in [-0.2, 0) is 12.2 Å². The fourth-order valence-electron chi connectivity index (χ4n) is 3.79. The third kappa shape index (κ3) is 5.13. The van der Waals surface area contributed by atoms with E-state index >= 15 is 0 Å². The van der Waals surface area contributed by atoms with E-state index in [-0.39, 0.29) is 6.67 Å². The summed E-state index contributed by atoms with van der Waals surface area (Å²) in [5.41, 5.74) is 5.22. The summed E-state index contributed by atoms with van der Waals surface area (Å²) in [7, 11) is 0. The number of carbonyl (C=O) groups is 1. The summed E-state index contributed by atoms with van der Waals surface area (Å²) in [4.78, 5) is 25.0. The Morgan fingerprint density at radius 1 is 1.09 bits per heavy atom. The van der Waals surface area contributed by atoms with Crippen molar-refractivity contribution in [2.24, 2.45) is 0 Å². The van der Waals surface area contributed by atoms with Gasteiger partial charge in [-0.2, -0.15) is 13.2 Å². The molecule has 2 N–H and O–H groups in total. The molecule has 11 heteroatoms. The van der Waals surface area contributed by atoms with Gasteiger partial charge in [-0.15, -0.1) is 11.8 Å². The first-order valence-electron chi connectivity index (χ1n) is 10.6. The number of rotatable bonds is 1. The van der Waals surface area contributed by atoms with E-state index in [2.05, 4.69) is 35.8 Å². The average molecular weight is 524 g/mol. The zero-order valence-corrected chi connectivity index (χ0v) is 20.0. The van der Waals surface area contributed by atoms with Crippen molar-refractivity contribution in [3.05, 3.63) is 92.4 Å². The first kappa shape index (κ1) is 25.0. The molecule has 2 aliphatic rings. The second kappa shape index (κ2) is 9.87. The van der Waals surface area contributed by atoms with Crippen molar-refractivity contribution < 1.29 is 23.1 Å². The smallest absolute Gasteiger partial charge is 0.408 e. The molecule has 3 heterocycles. The van der Waals surface area contributed by atoms with E-state index in [1.807, 2.05) is 23.9 Å². The zero-order chi connectivity index (χ0) is 25.3. The van der Waals surface area contributed by atoms with Gasteiger partial charge in [-0.3, -0.25) is 14.3 Å². The number of nitrogens with one attached hydrogen (secondary N) is 1. The number of fused-ring (bicyclic) bond motifs is 3. The van der Waals surface area contributed by atoms with Crippen LogP contribution in [0.3, 0.4) is 0 Å². The molecule has 0 radical (unpaired) electrons. The number of halogens is 4. The first-order chi connectivity index (χ1) is 16.6. The number of hydrogen-bond acceptors (Lipinski definition) is 5. The molecule has 2 aliphatic heterocycles. The largest absolute Gasteiger partial charge is 0.502 e. The Hall–Kier alpha value is -3.11. The van der Waals surface area contributed by atoms with Crippen molar-refractivity contribution in [2.75, 3.05) is 12.1 Å². The van der Waals surface area contributed by atoms with Gasteiger partial charge >= 0.3 is 6.18 Å². The van der Waals surface area contributed by atoms with E-state index in [1.165, 1.54) is 27.8 Å². The molecule has 0 bridgehead atoms. The SMILES string of the molecule is C[C@H](N1CNn2ccc(=O)c(O)c2C1=O)C(F)(F)F.Clc1cccc2c1CSc1ccccc1C2. The van der Waals surface area contributed by atoms with Crippen LogP contribution in [0.1, 0.15) is 34.1 Å². The molecule has 5 rings (SSSR count). The number of carbonyl (C=O) groups excluding carboxylic acids is 1. The maximum absolute atomic E-state index is 12.6. The van der Waals surface area contributed by atoms with Crippen LogP contribution in [0.5, 0.6) is 5.75 Å². The van der Waals surface area contributed by atoms with E-state index < -0.39 is 35.0 Å². The highest BCUT2D eigenvalue weighted by atomic mass is 35.5. The van der Waals surface area contributed by atoms with Crippen LogP contribution in [0.4, 0.5) is 13.2 Å². The topological polar surface area (TPSA) is 74.6 Å². The first-order valence-corrected chi connectivity index (χ1v) is 12.0. The van der Waals surface area contributed by atoms with Crippen LogP contribution in [0.15, 0.2) is 64.4 Å². The second-order valence-electron chi connectivity index (χ2n) is 8.01. The van der Waals surface area contributed by atoms with Gasteiger partial charge in [0.15, 0.2) is 11.4 Å². The van der Waals surface area contributed by atoms with Crippen molar-refractivity contribution in [3.63, 3.8) is 0 Å². The van der Waals surface area contributed by atoms with Crippen LogP contribution in [-0.4, -0.2) is 39.5 Å². The molecule has 1 aromatic heterocycles. The van der Waals surface area contributed by atoms with E-state index in [4.69, 9.17) is 11.6 Å². The number of pyridine rings is 1. The van der Waals surface area contributed by atoms with E-state index in [0.29, 0.717) is 4.90 Å². The third-order valence-corrected chi connectivity index (χ3v) is 7.33. The quantitative estimate of drug-likeness (QED) is 0.470. The zero-order valence-electron chi connectivity index (χ0n) is 18.5. The summed E-state index contributed by atoms with van der Waals surface area (Å²) < 4.78 is 38.9. The van der Waals surface area contributed by atoms with Gasteiger partial charge < -0.3 is 15.4 Å². The van der Waals surface area contributed by atoms with Crippen molar-refractivity contribution in [3.8, 4) is 5.75 Å². The lowest BCUT2D eigenvalue weighted by atomic mass is 10.0. The minimum atomic E-state index is -4.59. The monoisotopic (exact) mass is 523 g/mol. The summed E-state index contributed by atoms with van der Waals surface area (Å²) in [6.07, 6.45) is -2.42. The Labute approximate surface area is 208 Å². The van der Waals surface area contributed by atoms with Gasteiger partial charge in [0.05, 0.1) is 0 Å². The number of aromatic hydroxyl groups is 1. The number of thioether (sulfide) groups is 1. The third-order valence-electron chi connectivity index (χ3n) is 5.83. The van der Waals surface area contributed by atoms with E-state index in [1.54, 1.807) is 0 Å². The molecule has 0 spiro atoms. The van der Waals surface area contributed by atoms with Crippen molar-refractivity contribution in [1.82, 2.24) is 9.58 Å². The standard InChI is InChI=1S/C14H11ClS.C10H10F3N3O3/c15-13-6-3-5-10-8-11-4-1-2-7-14(11)16-9-12(10)13;1-5(10(11,12)13)15-4-14-16-3-2-6(17)8(18)7(16)9(15)19/h1-7H,8-9H2;2-3,5,14,18H,4H2,1H3/t;5-/m.0/s1. The molecule has 35 heavy (non-hydrogen) atoms. The number of nitrogens with zero attached hydrogens (tertiary/aromatic N) is 2.